The molecule has 1 N–H and O–H groups in total. The first-order chi connectivity index (χ1) is 7.47. The Bertz CT molecular complexity index is 300. The number of hydrogen-bond acceptors (Lipinski definition) is 4. The van der Waals surface area contributed by atoms with Crippen molar-refractivity contribution in [3.8, 4) is 0 Å². The van der Waals surface area contributed by atoms with E-state index in [4.69, 9.17) is 4.74 Å². The molecule has 0 aromatic heterocycles. The van der Waals surface area contributed by atoms with Crippen LogP contribution in [0.5, 0.6) is 0 Å². The minimum atomic E-state index is -2.93. The maximum atomic E-state index is 11.9. The van der Waals surface area contributed by atoms with Crippen LogP contribution in [-0.2, 0) is 14.6 Å². The quantitative estimate of drug-likeness (QED) is 0.789. The molecule has 0 radical (unpaired) electrons. The van der Waals surface area contributed by atoms with E-state index >= 15 is 0 Å². The summed E-state index contributed by atoms with van der Waals surface area (Å²) in [6.07, 6.45) is 2.71. The molecule has 0 bridgehead atoms. The zero-order chi connectivity index (χ0) is 12.2. The first-order valence-electron chi connectivity index (χ1n) is 5.98. The van der Waals surface area contributed by atoms with Crippen molar-refractivity contribution in [3.05, 3.63) is 0 Å². The van der Waals surface area contributed by atoms with Crippen LogP contribution < -0.4 is 5.32 Å². The molecule has 1 fully saturated rings. The van der Waals surface area contributed by atoms with E-state index in [1.807, 2.05) is 13.8 Å². The minimum Gasteiger partial charge on any atom is -0.377 e. The lowest BCUT2D eigenvalue weighted by Crippen LogP contribution is -2.48. The van der Waals surface area contributed by atoms with Gasteiger partial charge in [-0.05, 0) is 33.7 Å². The smallest absolute Gasteiger partial charge is 0.154 e. The van der Waals surface area contributed by atoms with Gasteiger partial charge in [-0.15, -0.1) is 0 Å². The molecule has 1 heterocycles. The lowest BCUT2D eigenvalue weighted by molar-refractivity contribution is 0.0609. The average Bonchev–Trinajstić information content (AvgIpc) is 2.20. The van der Waals surface area contributed by atoms with E-state index in [0.717, 1.165) is 19.3 Å². The van der Waals surface area contributed by atoms with Gasteiger partial charge in [0.05, 0.1) is 23.7 Å². The van der Waals surface area contributed by atoms with Crippen molar-refractivity contribution in [1.82, 2.24) is 5.32 Å². The van der Waals surface area contributed by atoms with Gasteiger partial charge in [0.25, 0.3) is 0 Å². The molecule has 1 saturated heterocycles. The van der Waals surface area contributed by atoms with E-state index in [2.05, 4.69) is 5.32 Å². The van der Waals surface area contributed by atoms with Gasteiger partial charge in [-0.2, -0.15) is 0 Å². The highest BCUT2D eigenvalue weighted by molar-refractivity contribution is 7.92. The van der Waals surface area contributed by atoms with E-state index in [1.165, 1.54) is 0 Å². The molecule has 0 aliphatic carbocycles. The van der Waals surface area contributed by atoms with Crippen LogP contribution >= 0.6 is 0 Å². The second-order valence-corrected chi connectivity index (χ2v) is 7.02. The standard InChI is InChI=1S/C11H23NO3S/c1-9(2)15-8-10(12-3)11-6-4-5-7-16(11,13)14/h9-12H,4-8H2,1-3H3. The molecule has 0 amide bonds. The fourth-order valence-corrected chi connectivity index (χ4v) is 4.25. The molecule has 0 saturated carbocycles. The van der Waals surface area contributed by atoms with Gasteiger partial charge in [-0.3, -0.25) is 0 Å². The normalized spacial score (nSPS) is 26.9. The number of ether oxygens (including phenoxy) is 1. The summed E-state index contributed by atoms with van der Waals surface area (Å²) >= 11 is 0. The van der Waals surface area contributed by atoms with Gasteiger partial charge in [0.15, 0.2) is 9.84 Å². The molecule has 4 nitrogen and oxygen atoms in total. The Labute approximate surface area is 98.7 Å². The molecule has 0 spiro atoms. The Morgan fingerprint density at radius 3 is 2.56 bits per heavy atom. The highest BCUT2D eigenvalue weighted by atomic mass is 32.2. The third-order valence-corrected chi connectivity index (χ3v) is 5.40. The molecular weight excluding hydrogens is 226 g/mol. The molecule has 2 atom stereocenters. The Hall–Kier alpha value is -0.130. The highest BCUT2D eigenvalue weighted by Gasteiger charge is 2.34. The lowest BCUT2D eigenvalue weighted by atomic mass is 10.1. The van der Waals surface area contributed by atoms with Crippen LogP contribution in [0.4, 0.5) is 0 Å². The largest absolute Gasteiger partial charge is 0.377 e. The SMILES string of the molecule is CNC(COC(C)C)C1CCCCS1(=O)=O. The summed E-state index contributed by atoms with van der Waals surface area (Å²) in [5.74, 6) is 0.331. The van der Waals surface area contributed by atoms with Gasteiger partial charge < -0.3 is 10.1 Å². The maximum Gasteiger partial charge on any atom is 0.154 e. The van der Waals surface area contributed by atoms with E-state index < -0.39 is 9.84 Å². The van der Waals surface area contributed by atoms with Gasteiger partial charge >= 0.3 is 0 Å². The summed E-state index contributed by atoms with van der Waals surface area (Å²) in [6, 6.07) is -0.0762. The number of sulfone groups is 1. The Kier molecular flexibility index (Phi) is 5.21. The second kappa shape index (κ2) is 5.98. The first-order valence-corrected chi connectivity index (χ1v) is 7.69. The molecule has 16 heavy (non-hydrogen) atoms. The van der Waals surface area contributed by atoms with Crippen LogP contribution in [0.25, 0.3) is 0 Å². The average molecular weight is 249 g/mol. The fourth-order valence-electron chi connectivity index (χ4n) is 2.10. The molecule has 5 heteroatoms. The van der Waals surface area contributed by atoms with Crippen molar-refractivity contribution in [2.75, 3.05) is 19.4 Å². The molecule has 1 rings (SSSR count). The minimum absolute atomic E-state index is 0.0762. The van der Waals surface area contributed by atoms with E-state index in [1.54, 1.807) is 7.05 Å². The zero-order valence-corrected chi connectivity index (χ0v) is 11.2. The predicted octanol–water partition coefficient (Wildman–Crippen LogP) is 0.967. The van der Waals surface area contributed by atoms with Crippen LogP contribution in [0.2, 0.25) is 0 Å². The number of nitrogens with one attached hydrogen (secondary N) is 1. The maximum absolute atomic E-state index is 11.9. The number of rotatable bonds is 5. The summed E-state index contributed by atoms with van der Waals surface area (Å²) in [5.41, 5.74) is 0. The van der Waals surface area contributed by atoms with Gasteiger partial charge in [0.1, 0.15) is 0 Å². The van der Waals surface area contributed by atoms with Crippen LogP contribution in [0, 0.1) is 0 Å². The summed E-state index contributed by atoms with van der Waals surface area (Å²) < 4.78 is 29.4. The molecule has 2 unspecified atom stereocenters. The molecule has 1 aliphatic heterocycles. The van der Waals surface area contributed by atoms with E-state index in [9.17, 15) is 8.42 Å². The van der Waals surface area contributed by atoms with Crippen LogP contribution in [0.15, 0.2) is 0 Å². The van der Waals surface area contributed by atoms with Gasteiger partial charge in [0.2, 0.25) is 0 Å². The molecule has 96 valence electrons. The molecule has 0 aromatic rings. The molecule has 1 aliphatic rings. The van der Waals surface area contributed by atoms with Gasteiger partial charge in [0, 0.05) is 6.04 Å². The lowest BCUT2D eigenvalue weighted by Gasteiger charge is -2.30. The van der Waals surface area contributed by atoms with Crippen molar-refractivity contribution < 1.29 is 13.2 Å². The fraction of sp³-hybridized carbons (Fsp3) is 1.00. The third kappa shape index (κ3) is 3.71. The monoisotopic (exact) mass is 249 g/mol. The van der Waals surface area contributed by atoms with E-state index in [-0.39, 0.29) is 17.4 Å². The van der Waals surface area contributed by atoms with Crippen molar-refractivity contribution >= 4 is 9.84 Å². The highest BCUT2D eigenvalue weighted by Crippen LogP contribution is 2.22. The summed E-state index contributed by atoms with van der Waals surface area (Å²) in [6.45, 7) is 4.39. The van der Waals surface area contributed by atoms with Crippen LogP contribution in [0.3, 0.4) is 0 Å². The summed E-state index contributed by atoms with van der Waals surface area (Å²) in [7, 11) is -1.12. The Morgan fingerprint density at radius 2 is 2.06 bits per heavy atom. The predicted molar refractivity (Wildman–Crippen MR) is 65.4 cm³/mol. The first kappa shape index (κ1) is 13.9. The Morgan fingerprint density at radius 1 is 1.38 bits per heavy atom. The number of hydrogen-bond donors (Lipinski definition) is 1. The second-order valence-electron chi connectivity index (χ2n) is 4.68. The van der Waals surface area contributed by atoms with Crippen LogP contribution in [0.1, 0.15) is 33.1 Å². The Balaban J connectivity index is 2.63. The third-order valence-electron chi connectivity index (χ3n) is 3.06. The van der Waals surface area contributed by atoms with Crippen molar-refractivity contribution in [3.63, 3.8) is 0 Å². The van der Waals surface area contributed by atoms with Crippen molar-refractivity contribution in [1.29, 1.82) is 0 Å². The zero-order valence-electron chi connectivity index (χ0n) is 10.4. The van der Waals surface area contributed by atoms with Gasteiger partial charge in [-0.1, -0.05) is 6.42 Å². The molecular formula is C11H23NO3S. The van der Waals surface area contributed by atoms with Crippen molar-refractivity contribution in [2.24, 2.45) is 0 Å². The van der Waals surface area contributed by atoms with Crippen molar-refractivity contribution in [2.45, 2.75) is 50.5 Å². The van der Waals surface area contributed by atoms with Gasteiger partial charge in [-0.25, -0.2) is 8.42 Å². The topological polar surface area (TPSA) is 55.4 Å². The number of likely N-dealkylation sites (N-methyl/N-ethyl adjacent to an activating group) is 1. The van der Waals surface area contributed by atoms with E-state index in [0.29, 0.717) is 12.4 Å². The van der Waals surface area contributed by atoms with Crippen LogP contribution in [-0.4, -0.2) is 45.2 Å². The summed E-state index contributed by atoms with van der Waals surface area (Å²) in [5, 5.41) is 2.81. The summed E-state index contributed by atoms with van der Waals surface area (Å²) in [4.78, 5) is 0. The molecule has 0 aromatic carbocycles.